The van der Waals surface area contributed by atoms with Crippen molar-refractivity contribution in [3.63, 3.8) is 0 Å². The van der Waals surface area contributed by atoms with Crippen LogP contribution in [0.4, 0.5) is 5.69 Å². The number of carbonyl (C=O) groups is 2. The van der Waals surface area contributed by atoms with Crippen LogP contribution >= 0.6 is 11.8 Å². The highest BCUT2D eigenvalue weighted by Gasteiger charge is 2.33. The molecule has 3 aromatic carbocycles. The van der Waals surface area contributed by atoms with Crippen LogP contribution < -0.4 is 4.74 Å². The van der Waals surface area contributed by atoms with Gasteiger partial charge in [0, 0.05) is 0 Å². The van der Waals surface area contributed by atoms with Gasteiger partial charge in [-0.2, -0.15) is 0 Å². The Bertz CT molecular complexity index is 1200. The number of esters is 1. The molecule has 0 radical (unpaired) electrons. The van der Waals surface area contributed by atoms with Crippen molar-refractivity contribution < 1.29 is 19.1 Å². The van der Waals surface area contributed by atoms with E-state index in [0.29, 0.717) is 22.2 Å². The second kappa shape index (κ2) is 10.2. The summed E-state index contributed by atoms with van der Waals surface area (Å²) in [4.78, 5) is 31.9. The summed E-state index contributed by atoms with van der Waals surface area (Å²) in [6.45, 7) is 0.389. The van der Waals surface area contributed by atoms with Crippen molar-refractivity contribution in [2.75, 3.05) is 14.2 Å². The number of amides is 1. The molecule has 0 saturated carbocycles. The number of ether oxygens (including phenoxy) is 2. The first-order valence-electron chi connectivity index (χ1n) is 10.2. The van der Waals surface area contributed by atoms with E-state index in [2.05, 4.69) is 0 Å². The van der Waals surface area contributed by atoms with Crippen molar-refractivity contribution in [1.29, 1.82) is 0 Å². The molecule has 1 aliphatic rings. The van der Waals surface area contributed by atoms with E-state index in [1.807, 2.05) is 60.7 Å². The lowest BCUT2D eigenvalue weighted by atomic mass is 10.1. The van der Waals surface area contributed by atoms with Gasteiger partial charge >= 0.3 is 5.97 Å². The number of thioether (sulfide) groups is 1. The van der Waals surface area contributed by atoms with Crippen molar-refractivity contribution in [3.05, 3.63) is 100 Å². The van der Waals surface area contributed by atoms with Gasteiger partial charge in [-0.3, -0.25) is 9.69 Å². The third-order valence-electron chi connectivity index (χ3n) is 5.00. The molecule has 3 aromatic rings. The summed E-state index contributed by atoms with van der Waals surface area (Å²) < 4.78 is 9.97. The van der Waals surface area contributed by atoms with Crippen LogP contribution in [-0.4, -0.2) is 36.2 Å². The Kier molecular flexibility index (Phi) is 6.90. The van der Waals surface area contributed by atoms with Gasteiger partial charge in [0.05, 0.1) is 36.9 Å². The van der Waals surface area contributed by atoms with Gasteiger partial charge in [-0.15, -0.1) is 0 Å². The van der Waals surface area contributed by atoms with E-state index in [-0.39, 0.29) is 5.91 Å². The molecule has 0 spiro atoms. The Labute approximate surface area is 196 Å². The molecule has 1 amide bonds. The summed E-state index contributed by atoms with van der Waals surface area (Å²) >= 11 is 1.33. The molecule has 6 nitrogen and oxygen atoms in total. The van der Waals surface area contributed by atoms with Crippen LogP contribution in [0, 0.1) is 0 Å². The standard InChI is InChI=1S/C26H22N2O4S/c1-31-22-14-10-19(11-15-22)17-28-24(29)23(33-26(28)27-21-6-4-3-5-7-21)16-18-8-12-20(13-9-18)25(30)32-2/h3-16H,17H2,1-2H3/b23-16-,27-26?. The second-order valence-corrected chi connectivity index (χ2v) is 8.20. The van der Waals surface area contributed by atoms with E-state index < -0.39 is 5.97 Å². The number of aliphatic imine (C=N–C) groups is 1. The zero-order chi connectivity index (χ0) is 23.2. The highest BCUT2D eigenvalue weighted by atomic mass is 32.2. The molecule has 1 heterocycles. The van der Waals surface area contributed by atoms with Crippen LogP contribution in [0.3, 0.4) is 0 Å². The highest BCUT2D eigenvalue weighted by Crippen LogP contribution is 2.35. The van der Waals surface area contributed by atoms with Crippen LogP contribution in [0.5, 0.6) is 5.75 Å². The first-order chi connectivity index (χ1) is 16.1. The Morgan fingerprint density at radius 3 is 2.30 bits per heavy atom. The van der Waals surface area contributed by atoms with Gasteiger partial charge in [-0.05, 0) is 65.4 Å². The molecule has 1 fully saturated rings. The van der Waals surface area contributed by atoms with Crippen LogP contribution in [-0.2, 0) is 16.1 Å². The molecule has 0 unspecified atom stereocenters. The number of amidine groups is 1. The van der Waals surface area contributed by atoms with Gasteiger partial charge in [0.1, 0.15) is 5.75 Å². The lowest BCUT2D eigenvalue weighted by molar-refractivity contribution is -0.122. The van der Waals surface area contributed by atoms with E-state index in [9.17, 15) is 9.59 Å². The minimum atomic E-state index is -0.400. The Morgan fingerprint density at radius 1 is 0.970 bits per heavy atom. The lowest BCUT2D eigenvalue weighted by Crippen LogP contribution is -2.28. The largest absolute Gasteiger partial charge is 0.497 e. The van der Waals surface area contributed by atoms with E-state index >= 15 is 0 Å². The summed E-state index contributed by atoms with van der Waals surface area (Å²) in [6, 6.07) is 24.1. The van der Waals surface area contributed by atoms with Crippen molar-refractivity contribution in [2.24, 2.45) is 4.99 Å². The monoisotopic (exact) mass is 458 g/mol. The van der Waals surface area contributed by atoms with Gasteiger partial charge in [0.25, 0.3) is 5.91 Å². The fraction of sp³-hybridized carbons (Fsp3) is 0.115. The molecule has 0 aliphatic carbocycles. The van der Waals surface area contributed by atoms with Crippen molar-refractivity contribution in [2.45, 2.75) is 6.54 Å². The normalized spacial score (nSPS) is 15.8. The van der Waals surface area contributed by atoms with Gasteiger partial charge in [-0.25, -0.2) is 9.79 Å². The van der Waals surface area contributed by atoms with Gasteiger partial charge < -0.3 is 9.47 Å². The Hall–Kier alpha value is -3.84. The quantitative estimate of drug-likeness (QED) is 0.371. The molecule has 0 atom stereocenters. The topological polar surface area (TPSA) is 68.2 Å². The zero-order valence-corrected chi connectivity index (χ0v) is 19.0. The number of carbonyl (C=O) groups excluding carboxylic acids is 2. The van der Waals surface area contributed by atoms with E-state index in [1.54, 1.807) is 36.3 Å². The maximum Gasteiger partial charge on any atom is 0.337 e. The third-order valence-corrected chi connectivity index (χ3v) is 6.00. The van der Waals surface area contributed by atoms with E-state index in [4.69, 9.17) is 14.5 Å². The fourth-order valence-corrected chi connectivity index (χ4v) is 4.24. The number of hydrogen-bond acceptors (Lipinski definition) is 6. The summed E-state index contributed by atoms with van der Waals surface area (Å²) in [7, 11) is 2.96. The molecule has 0 N–H and O–H groups in total. The number of hydrogen-bond donors (Lipinski definition) is 0. The van der Waals surface area contributed by atoms with Gasteiger partial charge in [-0.1, -0.05) is 42.5 Å². The van der Waals surface area contributed by atoms with Crippen LogP contribution in [0.2, 0.25) is 0 Å². The molecule has 1 aliphatic heterocycles. The molecular weight excluding hydrogens is 436 g/mol. The number of rotatable bonds is 6. The molecule has 7 heteroatoms. The number of nitrogens with zero attached hydrogens (tertiary/aromatic N) is 2. The average Bonchev–Trinajstić information content (AvgIpc) is 3.14. The maximum atomic E-state index is 13.3. The molecule has 0 aromatic heterocycles. The first-order valence-corrected chi connectivity index (χ1v) is 11.1. The minimum absolute atomic E-state index is 0.123. The van der Waals surface area contributed by atoms with Crippen molar-refractivity contribution in [3.8, 4) is 5.75 Å². The summed E-state index contributed by atoms with van der Waals surface area (Å²) in [5.41, 5.74) is 3.01. The van der Waals surface area contributed by atoms with E-state index in [1.165, 1.54) is 18.9 Å². The molecule has 0 bridgehead atoms. The fourth-order valence-electron chi connectivity index (χ4n) is 3.24. The summed E-state index contributed by atoms with van der Waals surface area (Å²) in [6.07, 6.45) is 1.81. The SMILES string of the molecule is COC(=O)c1ccc(/C=C2\SC(=Nc3ccccc3)N(Cc3ccc(OC)cc3)C2=O)cc1. The van der Waals surface area contributed by atoms with Crippen LogP contribution in [0.15, 0.2) is 88.8 Å². The van der Waals surface area contributed by atoms with Gasteiger partial charge in [0.15, 0.2) is 5.17 Å². The smallest absolute Gasteiger partial charge is 0.337 e. The molecule has 33 heavy (non-hydrogen) atoms. The number of para-hydroxylation sites is 1. The van der Waals surface area contributed by atoms with Crippen molar-refractivity contribution >= 4 is 40.6 Å². The Balaban J connectivity index is 1.64. The average molecular weight is 459 g/mol. The van der Waals surface area contributed by atoms with Crippen molar-refractivity contribution in [1.82, 2.24) is 4.90 Å². The molecule has 4 rings (SSSR count). The predicted molar refractivity (Wildman–Crippen MR) is 130 cm³/mol. The molecule has 166 valence electrons. The number of methoxy groups -OCH3 is 2. The van der Waals surface area contributed by atoms with Gasteiger partial charge in [0.2, 0.25) is 0 Å². The third kappa shape index (κ3) is 5.32. The molecular formula is C26H22N2O4S. The predicted octanol–water partition coefficient (Wildman–Crippen LogP) is 5.29. The zero-order valence-electron chi connectivity index (χ0n) is 18.2. The minimum Gasteiger partial charge on any atom is -0.497 e. The number of benzene rings is 3. The first kappa shape index (κ1) is 22.4. The summed E-state index contributed by atoms with van der Waals surface area (Å²) in [5, 5.41) is 0.611. The van der Waals surface area contributed by atoms with Crippen LogP contribution in [0.1, 0.15) is 21.5 Å². The highest BCUT2D eigenvalue weighted by molar-refractivity contribution is 8.18. The maximum absolute atomic E-state index is 13.3. The molecule has 1 saturated heterocycles. The second-order valence-electron chi connectivity index (χ2n) is 7.19. The summed E-state index contributed by atoms with van der Waals surface area (Å²) in [5.74, 6) is 0.237. The van der Waals surface area contributed by atoms with E-state index in [0.717, 1.165) is 22.6 Å². The lowest BCUT2D eigenvalue weighted by Gasteiger charge is -2.16. The van der Waals surface area contributed by atoms with Crippen LogP contribution in [0.25, 0.3) is 6.08 Å². The Morgan fingerprint density at radius 2 is 1.67 bits per heavy atom.